The lowest BCUT2D eigenvalue weighted by Crippen LogP contribution is -2.45. The molecule has 3 N–H and O–H groups in total. The number of imide groups is 1. The molecule has 1 unspecified atom stereocenters. The third-order valence-corrected chi connectivity index (χ3v) is 6.04. The Morgan fingerprint density at radius 1 is 1.02 bits per heavy atom. The summed E-state index contributed by atoms with van der Waals surface area (Å²) < 4.78 is 22.7. The highest BCUT2D eigenvalue weighted by Gasteiger charge is 2.30. The van der Waals surface area contributed by atoms with Gasteiger partial charge in [0.1, 0.15) is 23.0 Å². The van der Waals surface area contributed by atoms with Crippen LogP contribution < -0.4 is 21.5 Å². The number of amides is 4. The van der Waals surface area contributed by atoms with Gasteiger partial charge in [0.25, 0.3) is 5.56 Å². The molecule has 1 fully saturated rings. The topological polar surface area (TPSA) is 176 Å². The average molecular weight is 590 g/mol. The van der Waals surface area contributed by atoms with E-state index < -0.39 is 29.2 Å². The molecule has 4 amide bonds. The zero-order valence-corrected chi connectivity index (χ0v) is 24.4. The van der Waals surface area contributed by atoms with Crippen LogP contribution >= 0.6 is 0 Å². The van der Waals surface area contributed by atoms with Gasteiger partial charge in [-0.2, -0.15) is 0 Å². The molecule has 230 valence electrons. The summed E-state index contributed by atoms with van der Waals surface area (Å²) in [5, 5.41) is 7.88. The predicted molar refractivity (Wildman–Crippen MR) is 152 cm³/mol. The highest BCUT2D eigenvalue weighted by molar-refractivity contribution is 6.01. The van der Waals surface area contributed by atoms with E-state index >= 15 is 0 Å². The molecule has 1 saturated heterocycles. The van der Waals surface area contributed by atoms with Crippen LogP contribution in [0.3, 0.4) is 0 Å². The van der Waals surface area contributed by atoms with Crippen LogP contribution in [0.25, 0.3) is 10.9 Å². The molecule has 1 aromatic heterocycles. The number of rotatable bonds is 14. The molecule has 0 aliphatic carbocycles. The first-order valence-corrected chi connectivity index (χ1v) is 13.8. The van der Waals surface area contributed by atoms with Gasteiger partial charge in [0.2, 0.25) is 17.7 Å². The van der Waals surface area contributed by atoms with Crippen LogP contribution in [0, 0.1) is 6.92 Å². The van der Waals surface area contributed by atoms with Crippen LogP contribution in [-0.2, 0) is 33.3 Å². The van der Waals surface area contributed by atoms with Gasteiger partial charge in [-0.05, 0) is 46.2 Å². The van der Waals surface area contributed by atoms with E-state index in [0.717, 1.165) is 0 Å². The lowest BCUT2D eigenvalue weighted by Gasteiger charge is -2.24. The number of hydrogen-bond donors (Lipinski definition) is 3. The van der Waals surface area contributed by atoms with E-state index in [1.807, 2.05) is 0 Å². The third-order valence-electron chi connectivity index (χ3n) is 6.04. The van der Waals surface area contributed by atoms with Crippen molar-refractivity contribution in [3.63, 3.8) is 0 Å². The Labute approximate surface area is 243 Å². The van der Waals surface area contributed by atoms with Gasteiger partial charge in [-0.3, -0.25) is 29.1 Å². The largest absolute Gasteiger partial charge is 0.444 e. The fraction of sp³-hybridized carbons (Fsp3) is 0.571. The van der Waals surface area contributed by atoms with Crippen LogP contribution in [0.2, 0.25) is 0 Å². The lowest BCUT2D eigenvalue weighted by atomic mass is 10.1. The molecule has 1 aliphatic heterocycles. The van der Waals surface area contributed by atoms with Crippen molar-refractivity contribution in [2.75, 3.05) is 51.5 Å². The SMILES string of the molecule is Cc1nc2c(NC(=O)CCOCCOCCOCCNC(=O)OC(C)(C)C)cccc2c(=O)n1C1CCC(=O)NC1=O. The summed E-state index contributed by atoms with van der Waals surface area (Å²) in [6.07, 6.45) is -0.0666. The Morgan fingerprint density at radius 2 is 1.69 bits per heavy atom. The van der Waals surface area contributed by atoms with Crippen LogP contribution in [0.5, 0.6) is 0 Å². The van der Waals surface area contributed by atoms with Crippen molar-refractivity contribution in [2.45, 2.75) is 58.6 Å². The first-order valence-electron chi connectivity index (χ1n) is 13.8. The molecule has 0 radical (unpaired) electrons. The van der Waals surface area contributed by atoms with E-state index in [-0.39, 0.29) is 43.1 Å². The summed E-state index contributed by atoms with van der Waals surface area (Å²) in [6.45, 7) is 9.13. The lowest BCUT2D eigenvalue weighted by molar-refractivity contribution is -0.135. The molecule has 14 nitrogen and oxygen atoms in total. The number of fused-ring (bicyclic) bond motifs is 1. The summed E-state index contributed by atoms with van der Waals surface area (Å²) in [7, 11) is 0. The molecule has 42 heavy (non-hydrogen) atoms. The van der Waals surface area contributed by atoms with Gasteiger partial charge in [-0.15, -0.1) is 0 Å². The number of hydrogen-bond acceptors (Lipinski definition) is 10. The number of nitrogens with zero attached hydrogens (tertiary/aromatic N) is 2. The Bertz CT molecular complexity index is 1340. The highest BCUT2D eigenvalue weighted by Crippen LogP contribution is 2.23. The number of anilines is 1. The number of para-hydroxylation sites is 1. The zero-order chi connectivity index (χ0) is 30.7. The minimum atomic E-state index is -0.827. The van der Waals surface area contributed by atoms with Gasteiger partial charge < -0.3 is 29.6 Å². The Hall–Kier alpha value is -3.88. The fourth-order valence-corrected chi connectivity index (χ4v) is 4.18. The summed E-state index contributed by atoms with van der Waals surface area (Å²) in [4.78, 5) is 65.6. The maximum Gasteiger partial charge on any atom is 0.407 e. The summed E-state index contributed by atoms with van der Waals surface area (Å²) >= 11 is 0. The number of carbonyl (C=O) groups is 4. The Balaban J connectivity index is 1.35. The number of aromatic nitrogens is 2. The molecule has 2 aromatic rings. The molecule has 1 aromatic carbocycles. The van der Waals surface area contributed by atoms with E-state index in [1.54, 1.807) is 45.9 Å². The molecule has 0 bridgehead atoms. The summed E-state index contributed by atoms with van der Waals surface area (Å²) in [5.41, 5.74) is -0.283. The second kappa shape index (κ2) is 15.4. The molecule has 14 heteroatoms. The van der Waals surface area contributed by atoms with E-state index in [9.17, 15) is 24.0 Å². The molecule has 0 spiro atoms. The molecule has 1 aliphatic rings. The minimum Gasteiger partial charge on any atom is -0.444 e. The van der Waals surface area contributed by atoms with E-state index in [2.05, 4.69) is 20.9 Å². The van der Waals surface area contributed by atoms with Gasteiger partial charge in [0.05, 0.1) is 57.1 Å². The van der Waals surface area contributed by atoms with Crippen LogP contribution in [0.1, 0.15) is 51.9 Å². The summed E-state index contributed by atoms with van der Waals surface area (Å²) in [5.74, 6) is -0.920. The maximum atomic E-state index is 13.3. The predicted octanol–water partition coefficient (Wildman–Crippen LogP) is 1.59. The summed E-state index contributed by atoms with van der Waals surface area (Å²) in [6, 6.07) is 4.02. The van der Waals surface area contributed by atoms with Crippen molar-refractivity contribution in [1.82, 2.24) is 20.2 Å². The fourth-order valence-electron chi connectivity index (χ4n) is 4.18. The van der Waals surface area contributed by atoms with Crippen molar-refractivity contribution in [1.29, 1.82) is 0 Å². The van der Waals surface area contributed by atoms with Gasteiger partial charge in [0.15, 0.2) is 0 Å². The van der Waals surface area contributed by atoms with Gasteiger partial charge in [0, 0.05) is 13.0 Å². The normalized spacial score (nSPS) is 15.4. The van der Waals surface area contributed by atoms with Crippen LogP contribution in [-0.4, -0.2) is 85.2 Å². The van der Waals surface area contributed by atoms with Crippen molar-refractivity contribution in [3.8, 4) is 0 Å². The van der Waals surface area contributed by atoms with E-state index in [4.69, 9.17) is 18.9 Å². The number of piperidine rings is 1. The van der Waals surface area contributed by atoms with Crippen molar-refractivity contribution in [3.05, 3.63) is 34.4 Å². The smallest absolute Gasteiger partial charge is 0.407 e. The third kappa shape index (κ3) is 9.89. The van der Waals surface area contributed by atoms with Gasteiger partial charge >= 0.3 is 6.09 Å². The second-order valence-corrected chi connectivity index (χ2v) is 10.6. The zero-order valence-electron chi connectivity index (χ0n) is 24.4. The van der Waals surface area contributed by atoms with Crippen molar-refractivity contribution >= 4 is 40.4 Å². The highest BCUT2D eigenvalue weighted by atomic mass is 16.6. The number of carbonyl (C=O) groups excluding carboxylic acids is 4. The molecule has 3 rings (SSSR count). The van der Waals surface area contributed by atoms with Crippen molar-refractivity contribution < 1.29 is 38.1 Å². The molecular formula is C28H39N5O9. The van der Waals surface area contributed by atoms with Gasteiger partial charge in [-0.25, -0.2) is 9.78 Å². The monoisotopic (exact) mass is 589 g/mol. The minimum absolute atomic E-state index is 0.0798. The number of benzene rings is 1. The molecule has 2 heterocycles. The van der Waals surface area contributed by atoms with Gasteiger partial charge in [-0.1, -0.05) is 6.07 Å². The van der Waals surface area contributed by atoms with E-state index in [1.165, 1.54) is 4.57 Å². The van der Waals surface area contributed by atoms with Crippen LogP contribution in [0.15, 0.2) is 23.0 Å². The molecular weight excluding hydrogens is 550 g/mol. The molecule has 0 saturated carbocycles. The van der Waals surface area contributed by atoms with Crippen LogP contribution in [0.4, 0.5) is 10.5 Å². The molecule has 1 atom stereocenters. The Morgan fingerprint density at radius 3 is 2.36 bits per heavy atom. The number of nitrogens with one attached hydrogen (secondary N) is 3. The number of alkyl carbamates (subject to hydrolysis) is 1. The first kappa shape index (κ1) is 32.6. The average Bonchev–Trinajstić information content (AvgIpc) is 2.90. The maximum absolute atomic E-state index is 13.3. The Kier molecular flexibility index (Phi) is 11.9. The quantitative estimate of drug-likeness (QED) is 0.217. The number of aryl methyl sites for hydroxylation is 1. The standard InChI is InChI=1S/C28H39N5O9/c1-18-30-24-19(26(37)33(18)21-8-9-22(34)32-25(21)36)6-5-7-20(24)31-23(35)10-12-39-14-16-41-17-15-40-13-11-29-27(38)42-28(2,3)4/h5-7,21H,8-17H2,1-4H3,(H,29,38)(H,31,35)(H,32,34,36). The van der Waals surface area contributed by atoms with Crippen molar-refractivity contribution in [2.24, 2.45) is 0 Å². The number of ether oxygens (including phenoxy) is 4. The van der Waals surface area contributed by atoms with E-state index in [0.29, 0.717) is 56.6 Å². The first-order chi connectivity index (χ1) is 20.0. The second-order valence-electron chi connectivity index (χ2n) is 10.6.